The number of hydrogen-bond donors (Lipinski definition) is 0. The molecule has 1 saturated heterocycles. The second-order valence-corrected chi connectivity index (χ2v) is 4.63. The molecule has 3 nitrogen and oxygen atoms in total. The van der Waals surface area contributed by atoms with Gasteiger partial charge in [0.15, 0.2) is 0 Å². The molecule has 1 atom stereocenters. The van der Waals surface area contributed by atoms with Crippen molar-refractivity contribution in [3.63, 3.8) is 0 Å². The van der Waals surface area contributed by atoms with Crippen LogP contribution in [0.5, 0.6) is 0 Å². The summed E-state index contributed by atoms with van der Waals surface area (Å²) in [4.78, 5) is 13.6. The number of benzene rings is 1. The van der Waals surface area contributed by atoms with Crippen molar-refractivity contribution in [1.29, 1.82) is 0 Å². The lowest BCUT2D eigenvalue weighted by Gasteiger charge is -2.32. The molecule has 4 heteroatoms. The molecule has 1 aliphatic rings. The highest BCUT2D eigenvalue weighted by Crippen LogP contribution is 2.23. The van der Waals surface area contributed by atoms with Crippen LogP contribution in [0, 0.1) is 0 Å². The summed E-state index contributed by atoms with van der Waals surface area (Å²) < 4.78 is 5.70. The fourth-order valence-corrected chi connectivity index (χ4v) is 2.10. The van der Waals surface area contributed by atoms with Crippen LogP contribution in [0.25, 0.3) is 0 Å². The van der Waals surface area contributed by atoms with E-state index in [1.54, 1.807) is 12.2 Å². The predicted octanol–water partition coefficient (Wildman–Crippen LogP) is 2.82. The topological polar surface area (TPSA) is 29.5 Å². The first-order valence-electron chi connectivity index (χ1n) is 5.99. The van der Waals surface area contributed by atoms with Crippen LogP contribution in [0.1, 0.15) is 18.6 Å². The third-order valence-corrected chi connectivity index (χ3v) is 3.18. The van der Waals surface area contributed by atoms with Crippen molar-refractivity contribution in [2.45, 2.75) is 13.0 Å². The van der Waals surface area contributed by atoms with E-state index >= 15 is 0 Å². The zero-order valence-corrected chi connectivity index (χ0v) is 11.1. The zero-order chi connectivity index (χ0) is 13.0. The van der Waals surface area contributed by atoms with Crippen LogP contribution >= 0.6 is 11.6 Å². The van der Waals surface area contributed by atoms with Gasteiger partial charge in [-0.1, -0.05) is 29.8 Å². The Morgan fingerprint density at radius 3 is 2.83 bits per heavy atom. The van der Waals surface area contributed by atoms with E-state index in [-0.39, 0.29) is 12.0 Å². The largest absolute Gasteiger partial charge is 0.370 e. The maximum absolute atomic E-state index is 11.8. The molecule has 1 aliphatic heterocycles. The molecule has 0 aromatic heterocycles. The van der Waals surface area contributed by atoms with Gasteiger partial charge in [-0.05, 0) is 30.7 Å². The maximum atomic E-state index is 11.8. The standard InChI is InChI=1S/C14H16ClNO2/c1-2-3-14(17)16-8-9-18-13(10-16)11-4-6-12(15)7-5-11/h2-7,13H,8-10H2,1H3. The van der Waals surface area contributed by atoms with Gasteiger partial charge in [0.2, 0.25) is 5.91 Å². The number of amides is 1. The molecule has 2 rings (SSSR count). The van der Waals surface area contributed by atoms with Crippen molar-refractivity contribution in [1.82, 2.24) is 4.90 Å². The van der Waals surface area contributed by atoms with Gasteiger partial charge in [0.05, 0.1) is 13.2 Å². The molecule has 1 heterocycles. The van der Waals surface area contributed by atoms with Gasteiger partial charge in [-0.3, -0.25) is 4.79 Å². The van der Waals surface area contributed by atoms with Gasteiger partial charge in [-0.25, -0.2) is 0 Å². The average molecular weight is 266 g/mol. The van der Waals surface area contributed by atoms with Crippen LogP contribution < -0.4 is 0 Å². The van der Waals surface area contributed by atoms with E-state index in [1.165, 1.54) is 0 Å². The van der Waals surface area contributed by atoms with Crippen molar-refractivity contribution < 1.29 is 9.53 Å². The van der Waals surface area contributed by atoms with Crippen LogP contribution in [0.4, 0.5) is 0 Å². The summed E-state index contributed by atoms with van der Waals surface area (Å²) in [5.41, 5.74) is 1.05. The minimum absolute atomic E-state index is 0.0414. The summed E-state index contributed by atoms with van der Waals surface area (Å²) >= 11 is 5.86. The Morgan fingerprint density at radius 1 is 1.44 bits per heavy atom. The normalized spacial score (nSPS) is 20.3. The molecule has 0 bridgehead atoms. The number of nitrogens with zero attached hydrogens (tertiary/aromatic N) is 1. The Hall–Kier alpha value is -1.32. The zero-order valence-electron chi connectivity index (χ0n) is 10.3. The van der Waals surface area contributed by atoms with E-state index in [4.69, 9.17) is 16.3 Å². The van der Waals surface area contributed by atoms with Crippen LogP contribution in [0.3, 0.4) is 0 Å². The van der Waals surface area contributed by atoms with Crippen molar-refractivity contribution in [2.75, 3.05) is 19.7 Å². The molecule has 1 amide bonds. The molecule has 0 spiro atoms. The number of carbonyl (C=O) groups excluding carboxylic acids is 1. The summed E-state index contributed by atoms with van der Waals surface area (Å²) in [7, 11) is 0. The number of rotatable bonds is 2. The Bertz CT molecular complexity index is 442. The number of ether oxygens (including phenoxy) is 1. The van der Waals surface area contributed by atoms with Crippen LogP contribution in [0.2, 0.25) is 5.02 Å². The second-order valence-electron chi connectivity index (χ2n) is 4.20. The van der Waals surface area contributed by atoms with E-state index in [0.717, 1.165) is 5.56 Å². The summed E-state index contributed by atoms with van der Waals surface area (Å²) in [6, 6.07) is 7.56. The van der Waals surface area contributed by atoms with Crippen molar-refractivity contribution >= 4 is 17.5 Å². The molecule has 0 saturated carbocycles. The van der Waals surface area contributed by atoms with Crippen LogP contribution in [-0.4, -0.2) is 30.5 Å². The molecule has 1 aromatic carbocycles. The highest BCUT2D eigenvalue weighted by atomic mass is 35.5. The number of allylic oxidation sites excluding steroid dienone is 1. The summed E-state index contributed by atoms with van der Waals surface area (Å²) in [6.45, 7) is 3.64. The Kier molecular flexibility index (Phi) is 4.39. The Balaban J connectivity index is 2.06. The highest BCUT2D eigenvalue weighted by Gasteiger charge is 2.23. The molecule has 1 unspecified atom stereocenters. The summed E-state index contributed by atoms with van der Waals surface area (Å²) in [5.74, 6) is 0.0414. The molecule has 18 heavy (non-hydrogen) atoms. The third kappa shape index (κ3) is 3.12. The van der Waals surface area contributed by atoms with Crippen LogP contribution in [0.15, 0.2) is 36.4 Å². The smallest absolute Gasteiger partial charge is 0.246 e. The number of hydrogen-bond acceptors (Lipinski definition) is 2. The Morgan fingerprint density at radius 2 is 2.17 bits per heavy atom. The van der Waals surface area contributed by atoms with Crippen molar-refractivity contribution in [3.8, 4) is 0 Å². The van der Waals surface area contributed by atoms with Gasteiger partial charge >= 0.3 is 0 Å². The number of halogens is 1. The first-order valence-corrected chi connectivity index (χ1v) is 6.37. The second kappa shape index (κ2) is 6.03. The van der Waals surface area contributed by atoms with Gasteiger partial charge in [0.1, 0.15) is 6.10 Å². The molecular weight excluding hydrogens is 250 g/mol. The van der Waals surface area contributed by atoms with Crippen molar-refractivity contribution in [2.24, 2.45) is 0 Å². The third-order valence-electron chi connectivity index (χ3n) is 2.93. The summed E-state index contributed by atoms with van der Waals surface area (Å²) in [6.07, 6.45) is 3.28. The van der Waals surface area contributed by atoms with Gasteiger partial charge < -0.3 is 9.64 Å². The molecule has 0 N–H and O–H groups in total. The van der Waals surface area contributed by atoms with E-state index in [9.17, 15) is 4.79 Å². The van der Waals surface area contributed by atoms with Crippen molar-refractivity contribution in [3.05, 3.63) is 47.0 Å². The van der Waals surface area contributed by atoms with Gasteiger partial charge in [-0.15, -0.1) is 0 Å². The lowest BCUT2D eigenvalue weighted by Crippen LogP contribution is -2.41. The van der Waals surface area contributed by atoms with E-state index < -0.39 is 0 Å². The monoisotopic (exact) mass is 265 g/mol. The van der Waals surface area contributed by atoms with E-state index in [2.05, 4.69) is 0 Å². The quantitative estimate of drug-likeness (QED) is 0.770. The fraction of sp³-hybridized carbons (Fsp3) is 0.357. The molecular formula is C14H16ClNO2. The van der Waals surface area contributed by atoms with Gasteiger partial charge in [0, 0.05) is 11.6 Å². The fourth-order valence-electron chi connectivity index (χ4n) is 1.98. The van der Waals surface area contributed by atoms with Crippen LogP contribution in [-0.2, 0) is 9.53 Å². The lowest BCUT2D eigenvalue weighted by molar-refractivity contribution is -0.133. The average Bonchev–Trinajstić information content (AvgIpc) is 2.40. The SMILES string of the molecule is CC=CC(=O)N1CCOC(c2ccc(Cl)cc2)C1. The first kappa shape index (κ1) is 13.1. The molecule has 1 aromatic rings. The predicted molar refractivity (Wildman–Crippen MR) is 71.5 cm³/mol. The van der Waals surface area contributed by atoms with E-state index in [0.29, 0.717) is 24.7 Å². The molecule has 1 fully saturated rings. The minimum atomic E-state index is -0.0646. The maximum Gasteiger partial charge on any atom is 0.246 e. The van der Waals surface area contributed by atoms with E-state index in [1.807, 2.05) is 36.1 Å². The molecule has 96 valence electrons. The first-order chi connectivity index (χ1) is 8.70. The Labute approximate surface area is 112 Å². The molecule has 0 aliphatic carbocycles. The number of carbonyl (C=O) groups is 1. The lowest BCUT2D eigenvalue weighted by atomic mass is 10.1. The van der Waals surface area contributed by atoms with Gasteiger partial charge in [0.25, 0.3) is 0 Å². The van der Waals surface area contributed by atoms with Gasteiger partial charge in [-0.2, -0.15) is 0 Å². The minimum Gasteiger partial charge on any atom is -0.370 e. The summed E-state index contributed by atoms with van der Waals surface area (Å²) in [5, 5.41) is 0.705. The molecule has 0 radical (unpaired) electrons. The highest BCUT2D eigenvalue weighted by molar-refractivity contribution is 6.30. The number of morpholine rings is 1.